The maximum Gasteiger partial charge on any atom is 0.191 e. The van der Waals surface area contributed by atoms with Gasteiger partial charge in [-0.3, -0.25) is 9.78 Å². The van der Waals surface area contributed by atoms with Crippen molar-refractivity contribution in [1.29, 1.82) is 0 Å². The van der Waals surface area contributed by atoms with E-state index in [0.717, 1.165) is 21.4 Å². The van der Waals surface area contributed by atoms with Gasteiger partial charge in [0, 0.05) is 25.0 Å². The van der Waals surface area contributed by atoms with Crippen LogP contribution in [0.2, 0.25) is 0 Å². The minimum atomic E-state index is 0.114. The average molecular weight is 316 g/mol. The van der Waals surface area contributed by atoms with E-state index in [9.17, 15) is 4.79 Å². The number of rotatable bonds is 5. The Morgan fingerprint density at radius 2 is 2.10 bits per heavy atom. The zero-order chi connectivity index (χ0) is 14.7. The van der Waals surface area contributed by atoms with E-state index in [-0.39, 0.29) is 5.78 Å². The summed E-state index contributed by atoms with van der Waals surface area (Å²) in [4.78, 5) is 16.8. The van der Waals surface area contributed by atoms with Crippen molar-refractivity contribution in [3.63, 3.8) is 0 Å². The Bertz CT molecular complexity index is 738. The number of aromatic nitrogens is 4. The maximum absolute atomic E-state index is 12.0. The molecule has 0 atom stereocenters. The van der Waals surface area contributed by atoms with Crippen LogP contribution >= 0.6 is 23.1 Å². The Morgan fingerprint density at radius 1 is 1.29 bits per heavy atom. The highest BCUT2D eigenvalue weighted by Gasteiger charge is 2.14. The van der Waals surface area contributed by atoms with E-state index in [1.165, 1.54) is 23.1 Å². The molecule has 0 fully saturated rings. The molecule has 3 aromatic rings. The van der Waals surface area contributed by atoms with Gasteiger partial charge in [-0.15, -0.1) is 21.5 Å². The Labute approximate surface area is 130 Å². The molecule has 3 rings (SSSR count). The lowest BCUT2D eigenvalue weighted by molar-refractivity contribution is 0.102. The van der Waals surface area contributed by atoms with Gasteiger partial charge < -0.3 is 4.57 Å². The highest BCUT2D eigenvalue weighted by molar-refractivity contribution is 7.99. The lowest BCUT2D eigenvalue weighted by Crippen LogP contribution is -2.01. The smallest absolute Gasteiger partial charge is 0.191 e. The molecule has 3 aromatic heterocycles. The number of pyridine rings is 1. The van der Waals surface area contributed by atoms with Crippen molar-refractivity contribution >= 4 is 28.9 Å². The first-order chi connectivity index (χ1) is 10.3. The van der Waals surface area contributed by atoms with Crippen molar-refractivity contribution in [1.82, 2.24) is 19.7 Å². The summed E-state index contributed by atoms with van der Waals surface area (Å²) in [6.07, 6.45) is 3.44. The van der Waals surface area contributed by atoms with Crippen molar-refractivity contribution in [2.75, 3.05) is 5.75 Å². The molecule has 0 saturated carbocycles. The van der Waals surface area contributed by atoms with Gasteiger partial charge in [0.25, 0.3) is 0 Å². The quantitative estimate of drug-likeness (QED) is 0.535. The third-order valence-electron chi connectivity index (χ3n) is 2.90. The topological polar surface area (TPSA) is 60.7 Å². The molecule has 106 valence electrons. The van der Waals surface area contributed by atoms with E-state index in [1.54, 1.807) is 12.4 Å². The molecule has 0 bridgehead atoms. The molecule has 0 saturated heterocycles. The molecule has 5 nitrogen and oxygen atoms in total. The van der Waals surface area contributed by atoms with Crippen LogP contribution in [0.3, 0.4) is 0 Å². The summed E-state index contributed by atoms with van der Waals surface area (Å²) < 4.78 is 1.89. The molecular formula is C14H12N4OS2. The third kappa shape index (κ3) is 3.03. The second-order valence-electron chi connectivity index (χ2n) is 4.29. The highest BCUT2D eigenvalue weighted by Crippen LogP contribution is 2.23. The zero-order valence-corrected chi connectivity index (χ0v) is 12.9. The zero-order valence-electron chi connectivity index (χ0n) is 11.3. The van der Waals surface area contributed by atoms with Crippen LogP contribution in [0.15, 0.2) is 47.2 Å². The van der Waals surface area contributed by atoms with Crippen LogP contribution in [0.5, 0.6) is 0 Å². The van der Waals surface area contributed by atoms with Gasteiger partial charge in [0.15, 0.2) is 16.8 Å². The molecule has 0 aliphatic carbocycles. The minimum absolute atomic E-state index is 0.114. The molecule has 3 heterocycles. The first-order valence-corrected chi connectivity index (χ1v) is 8.11. The van der Waals surface area contributed by atoms with Crippen molar-refractivity contribution in [3.8, 4) is 11.4 Å². The van der Waals surface area contributed by atoms with Crippen molar-refractivity contribution in [2.45, 2.75) is 5.16 Å². The van der Waals surface area contributed by atoms with E-state index < -0.39 is 0 Å². The second kappa shape index (κ2) is 6.19. The van der Waals surface area contributed by atoms with Crippen LogP contribution in [-0.2, 0) is 7.05 Å². The first kappa shape index (κ1) is 14.0. The number of hydrogen-bond donors (Lipinski definition) is 0. The third-order valence-corrected chi connectivity index (χ3v) is 4.83. The predicted molar refractivity (Wildman–Crippen MR) is 83.6 cm³/mol. The monoisotopic (exact) mass is 316 g/mol. The van der Waals surface area contributed by atoms with Crippen molar-refractivity contribution in [3.05, 3.63) is 46.9 Å². The Morgan fingerprint density at radius 3 is 2.81 bits per heavy atom. The molecule has 7 heteroatoms. The standard InChI is InChI=1S/C14H12N4OS2/c1-18-13(10-4-6-15-7-5-10)16-17-14(18)21-9-11(19)12-3-2-8-20-12/h2-8H,9H2,1H3. The summed E-state index contributed by atoms with van der Waals surface area (Å²) in [5, 5.41) is 11.0. The molecule has 0 aromatic carbocycles. The van der Waals surface area contributed by atoms with E-state index >= 15 is 0 Å². The molecule has 0 unspecified atom stereocenters. The summed E-state index contributed by atoms with van der Waals surface area (Å²) in [5.74, 6) is 1.25. The van der Waals surface area contributed by atoms with E-state index in [0.29, 0.717) is 5.75 Å². The summed E-state index contributed by atoms with van der Waals surface area (Å²) >= 11 is 2.86. The molecule has 0 N–H and O–H groups in total. The summed E-state index contributed by atoms with van der Waals surface area (Å²) in [6.45, 7) is 0. The van der Waals surface area contributed by atoms with Crippen molar-refractivity contribution in [2.24, 2.45) is 7.05 Å². The van der Waals surface area contributed by atoms with Gasteiger partial charge in [-0.2, -0.15) is 0 Å². The van der Waals surface area contributed by atoms with Gasteiger partial charge in [-0.25, -0.2) is 0 Å². The average Bonchev–Trinajstić information content (AvgIpc) is 3.16. The number of carbonyl (C=O) groups excluding carboxylic acids is 1. The Kier molecular flexibility index (Phi) is 4.12. The normalized spacial score (nSPS) is 10.7. The molecule has 0 aliphatic rings. The van der Waals surface area contributed by atoms with Gasteiger partial charge >= 0.3 is 0 Å². The summed E-state index contributed by atoms with van der Waals surface area (Å²) in [6, 6.07) is 7.49. The second-order valence-corrected chi connectivity index (χ2v) is 6.18. The number of thioether (sulfide) groups is 1. The van der Waals surface area contributed by atoms with Gasteiger partial charge in [0.2, 0.25) is 0 Å². The van der Waals surface area contributed by atoms with Crippen LogP contribution in [0.4, 0.5) is 0 Å². The van der Waals surface area contributed by atoms with Gasteiger partial charge in [0.05, 0.1) is 10.6 Å². The number of ketones is 1. The summed E-state index contributed by atoms with van der Waals surface area (Å²) in [5.41, 5.74) is 0.955. The van der Waals surface area contributed by atoms with Crippen molar-refractivity contribution < 1.29 is 4.79 Å². The van der Waals surface area contributed by atoms with Crippen LogP contribution in [0.1, 0.15) is 9.67 Å². The number of carbonyl (C=O) groups is 1. The van der Waals surface area contributed by atoms with Crippen LogP contribution in [0.25, 0.3) is 11.4 Å². The minimum Gasteiger partial charge on any atom is -0.305 e. The lowest BCUT2D eigenvalue weighted by atomic mass is 10.2. The molecular weight excluding hydrogens is 304 g/mol. The molecule has 0 radical (unpaired) electrons. The molecule has 0 spiro atoms. The SMILES string of the molecule is Cn1c(SCC(=O)c2cccs2)nnc1-c1ccncc1. The number of hydrogen-bond acceptors (Lipinski definition) is 6. The predicted octanol–water partition coefficient (Wildman–Crippen LogP) is 2.91. The van der Waals surface area contributed by atoms with Gasteiger partial charge in [0.1, 0.15) is 0 Å². The highest BCUT2D eigenvalue weighted by atomic mass is 32.2. The fraction of sp³-hybridized carbons (Fsp3) is 0.143. The van der Waals surface area contributed by atoms with Gasteiger partial charge in [-0.05, 0) is 23.6 Å². The fourth-order valence-electron chi connectivity index (χ4n) is 1.83. The summed E-state index contributed by atoms with van der Waals surface area (Å²) in [7, 11) is 1.90. The van der Waals surface area contributed by atoms with Crippen LogP contribution in [0, 0.1) is 0 Å². The molecule has 0 aliphatic heterocycles. The maximum atomic E-state index is 12.0. The number of nitrogens with zero attached hydrogens (tertiary/aromatic N) is 4. The van der Waals surface area contributed by atoms with E-state index in [2.05, 4.69) is 15.2 Å². The number of thiophene rings is 1. The molecule has 0 amide bonds. The molecule has 21 heavy (non-hydrogen) atoms. The largest absolute Gasteiger partial charge is 0.305 e. The lowest BCUT2D eigenvalue weighted by Gasteiger charge is -2.03. The Hall–Kier alpha value is -1.99. The van der Waals surface area contributed by atoms with Crippen LogP contribution in [-0.4, -0.2) is 31.3 Å². The van der Waals surface area contributed by atoms with E-state index in [1.807, 2.05) is 41.3 Å². The van der Waals surface area contributed by atoms with E-state index in [4.69, 9.17) is 0 Å². The van der Waals surface area contributed by atoms with Gasteiger partial charge in [-0.1, -0.05) is 17.8 Å². The van der Waals surface area contributed by atoms with Crippen LogP contribution < -0.4 is 0 Å². The first-order valence-electron chi connectivity index (χ1n) is 6.25. The number of Topliss-reactive ketones (excluding diaryl/α,β-unsaturated/α-hetero) is 1. The fourth-order valence-corrected chi connectivity index (χ4v) is 3.38. The Balaban J connectivity index is 1.73.